The van der Waals surface area contributed by atoms with E-state index in [-0.39, 0.29) is 24.0 Å². The first kappa shape index (κ1) is 15.5. The first-order chi connectivity index (χ1) is 10.8. The maximum atomic E-state index is 12.5. The van der Waals surface area contributed by atoms with Gasteiger partial charge in [-0.05, 0) is 19.8 Å². The van der Waals surface area contributed by atoms with Gasteiger partial charge in [0.2, 0.25) is 5.89 Å². The molecular weight excluding hydrogens is 317 g/mol. The van der Waals surface area contributed by atoms with Gasteiger partial charge in [0.25, 0.3) is 5.91 Å². The summed E-state index contributed by atoms with van der Waals surface area (Å²) in [6.07, 6.45) is -3.48. The SMILES string of the molecule is Cc1cc(C(=O)N2CCCC(c3nnc(C(F)(F)F)o3)C2)no1. The Labute approximate surface area is 128 Å². The minimum absolute atomic E-state index is 0.105. The summed E-state index contributed by atoms with van der Waals surface area (Å²) >= 11 is 0. The van der Waals surface area contributed by atoms with Gasteiger partial charge in [0.15, 0.2) is 5.69 Å². The smallest absolute Gasteiger partial charge is 0.417 e. The van der Waals surface area contributed by atoms with Crippen molar-refractivity contribution in [1.82, 2.24) is 20.3 Å². The monoisotopic (exact) mass is 330 g/mol. The molecule has 0 radical (unpaired) electrons. The van der Waals surface area contributed by atoms with E-state index in [1.807, 2.05) is 0 Å². The molecule has 3 heterocycles. The first-order valence-electron chi connectivity index (χ1n) is 6.98. The normalized spacial score (nSPS) is 19.1. The van der Waals surface area contributed by atoms with Gasteiger partial charge in [0, 0.05) is 19.2 Å². The van der Waals surface area contributed by atoms with Crippen LogP contribution in [0.25, 0.3) is 0 Å². The summed E-state index contributed by atoms with van der Waals surface area (Å²) in [6, 6.07) is 1.51. The number of aromatic nitrogens is 3. The molecule has 0 spiro atoms. The van der Waals surface area contributed by atoms with Crippen LogP contribution in [0.5, 0.6) is 0 Å². The number of rotatable bonds is 2. The van der Waals surface area contributed by atoms with Crippen LogP contribution in [-0.4, -0.2) is 39.3 Å². The number of aryl methyl sites for hydroxylation is 1. The van der Waals surface area contributed by atoms with Gasteiger partial charge in [-0.15, -0.1) is 10.2 Å². The second-order valence-corrected chi connectivity index (χ2v) is 5.36. The van der Waals surface area contributed by atoms with E-state index in [1.54, 1.807) is 6.92 Å². The van der Waals surface area contributed by atoms with Gasteiger partial charge in [-0.3, -0.25) is 4.79 Å². The maximum Gasteiger partial charge on any atom is 0.470 e. The molecule has 2 aromatic rings. The van der Waals surface area contributed by atoms with E-state index in [0.29, 0.717) is 25.1 Å². The fourth-order valence-electron chi connectivity index (χ4n) is 2.51. The van der Waals surface area contributed by atoms with Gasteiger partial charge in [0.05, 0.1) is 5.92 Å². The Morgan fingerprint density at radius 3 is 2.78 bits per heavy atom. The van der Waals surface area contributed by atoms with Crippen LogP contribution in [0.2, 0.25) is 0 Å². The third-order valence-electron chi connectivity index (χ3n) is 3.59. The Hall–Kier alpha value is -2.39. The number of carbonyl (C=O) groups is 1. The summed E-state index contributed by atoms with van der Waals surface area (Å²) in [5.74, 6) is -1.73. The minimum atomic E-state index is -4.67. The van der Waals surface area contributed by atoms with Crippen LogP contribution in [0.15, 0.2) is 15.0 Å². The Morgan fingerprint density at radius 1 is 1.39 bits per heavy atom. The van der Waals surface area contributed by atoms with E-state index in [2.05, 4.69) is 15.4 Å². The number of carbonyl (C=O) groups excluding carboxylic acids is 1. The zero-order chi connectivity index (χ0) is 16.6. The number of alkyl halides is 3. The predicted molar refractivity (Wildman–Crippen MR) is 68.4 cm³/mol. The van der Waals surface area contributed by atoms with Gasteiger partial charge in [-0.2, -0.15) is 13.2 Å². The van der Waals surface area contributed by atoms with Crippen molar-refractivity contribution in [3.05, 3.63) is 29.3 Å². The molecule has 1 amide bonds. The fourth-order valence-corrected chi connectivity index (χ4v) is 2.51. The lowest BCUT2D eigenvalue weighted by Crippen LogP contribution is -2.39. The number of piperidine rings is 1. The number of hydrogen-bond donors (Lipinski definition) is 0. The molecule has 1 aliphatic heterocycles. The summed E-state index contributed by atoms with van der Waals surface area (Å²) in [5.41, 5.74) is 0.171. The molecule has 3 rings (SSSR count). The van der Waals surface area contributed by atoms with E-state index < -0.39 is 18.0 Å². The van der Waals surface area contributed by atoms with Crippen molar-refractivity contribution in [2.75, 3.05) is 13.1 Å². The van der Waals surface area contributed by atoms with E-state index >= 15 is 0 Å². The predicted octanol–water partition coefficient (Wildman–Crippen LogP) is 2.40. The molecule has 0 N–H and O–H groups in total. The second kappa shape index (κ2) is 5.67. The van der Waals surface area contributed by atoms with Gasteiger partial charge >= 0.3 is 12.1 Å². The number of amides is 1. The Bertz CT molecular complexity index is 709. The molecule has 1 atom stereocenters. The van der Waals surface area contributed by atoms with Gasteiger partial charge in [0.1, 0.15) is 5.76 Å². The van der Waals surface area contributed by atoms with Crippen molar-refractivity contribution >= 4 is 5.91 Å². The topological polar surface area (TPSA) is 85.3 Å². The molecular formula is C13H13F3N4O3. The largest absolute Gasteiger partial charge is 0.470 e. The third kappa shape index (κ3) is 3.20. The first-order valence-corrected chi connectivity index (χ1v) is 6.98. The summed E-state index contributed by atoms with van der Waals surface area (Å²) in [5, 5.41) is 10.1. The molecule has 7 nitrogen and oxygen atoms in total. The molecule has 124 valence electrons. The van der Waals surface area contributed by atoms with Crippen LogP contribution < -0.4 is 0 Å². The van der Waals surface area contributed by atoms with Crippen molar-refractivity contribution in [2.45, 2.75) is 31.9 Å². The molecule has 0 aromatic carbocycles. The van der Waals surface area contributed by atoms with Gasteiger partial charge in [-0.1, -0.05) is 5.16 Å². The summed E-state index contributed by atoms with van der Waals surface area (Å²) in [6.45, 7) is 2.35. The van der Waals surface area contributed by atoms with E-state index in [9.17, 15) is 18.0 Å². The molecule has 2 aromatic heterocycles. The molecule has 23 heavy (non-hydrogen) atoms. The van der Waals surface area contributed by atoms with Gasteiger partial charge < -0.3 is 13.8 Å². The van der Waals surface area contributed by atoms with Gasteiger partial charge in [-0.25, -0.2) is 0 Å². The molecule has 10 heteroatoms. The number of likely N-dealkylation sites (tertiary alicyclic amines) is 1. The maximum absolute atomic E-state index is 12.5. The van der Waals surface area contributed by atoms with E-state index in [0.717, 1.165) is 0 Å². The highest BCUT2D eigenvalue weighted by molar-refractivity contribution is 5.92. The highest BCUT2D eigenvalue weighted by Crippen LogP contribution is 2.32. The van der Waals surface area contributed by atoms with Crippen LogP contribution in [0.3, 0.4) is 0 Å². The zero-order valence-electron chi connectivity index (χ0n) is 12.1. The highest BCUT2D eigenvalue weighted by atomic mass is 19.4. The average molecular weight is 330 g/mol. The summed E-state index contributed by atoms with van der Waals surface area (Å²) < 4.78 is 47.1. The molecule has 0 saturated carbocycles. The molecule has 1 unspecified atom stereocenters. The lowest BCUT2D eigenvalue weighted by atomic mass is 9.98. The number of hydrogen-bond acceptors (Lipinski definition) is 6. The van der Waals surface area contributed by atoms with Crippen LogP contribution >= 0.6 is 0 Å². The van der Waals surface area contributed by atoms with Crippen LogP contribution in [-0.2, 0) is 6.18 Å². The Kier molecular flexibility index (Phi) is 3.82. The van der Waals surface area contributed by atoms with Crippen molar-refractivity contribution in [1.29, 1.82) is 0 Å². The van der Waals surface area contributed by atoms with Crippen molar-refractivity contribution < 1.29 is 26.9 Å². The summed E-state index contributed by atoms with van der Waals surface area (Å²) in [7, 11) is 0. The fraction of sp³-hybridized carbons (Fsp3) is 0.538. The third-order valence-corrected chi connectivity index (χ3v) is 3.59. The van der Waals surface area contributed by atoms with Crippen molar-refractivity contribution in [3.8, 4) is 0 Å². The summed E-state index contributed by atoms with van der Waals surface area (Å²) in [4.78, 5) is 13.8. The molecule has 0 bridgehead atoms. The van der Waals surface area contributed by atoms with Crippen LogP contribution in [0.1, 0.15) is 46.8 Å². The molecule has 1 aliphatic rings. The van der Waals surface area contributed by atoms with Crippen molar-refractivity contribution in [3.63, 3.8) is 0 Å². The standard InChI is InChI=1S/C13H13F3N4O3/c1-7-5-9(19-23-7)11(21)20-4-2-3-8(6-20)10-17-18-12(22-10)13(14,15)16/h5,8H,2-4,6H2,1H3. The second-order valence-electron chi connectivity index (χ2n) is 5.36. The quantitative estimate of drug-likeness (QED) is 0.840. The highest BCUT2D eigenvalue weighted by Gasteiger charge is 2.39. The minimum Gasteiger partial charge on any atom is -0.417 e. The lowest BCUT2D eigenvalue weighted by molar-refractivity contribution is -0.157. The Morgan fingerprint density at radius 2 is 2.17 bits per heavy atom. The van der Waals surface area contributed by atoms with E-state index in [4.69, 9.17) is 8.94 Å². The molecule has 1 saturated heterocycles. The lowest BCUT2D eigenvalue weighted by Gasteiger charge is -2.30. The van der Waals surface area contributed by atoms with Crippen LogP contribution in [0, 0.1) is 6.92 Å². The molecule has 1 fully saturated rings. The number of nitrogens with zero attached hydrogens (tertiary/aromatic N) is 4. The number of halogens is 3. The van der Waals surface area contributed by atoms with Crippen molar-refractivity contribution in [2.24, 2.45) is 0 Å². The average Bonchev–Trinajstić information content (AvgIpc) is 3.15. The molecule has 0 aliphatic carbocycles. The van der Waals surface area contributed by atoms with Crippen LogP contribution in [0.4, 0.5) is 13.2 Å². The van der Waals surface area contributed by atoms with E-state index in [1.165, 1.54) is 11.0 Å². The zero-order valence-corrected chi connectivity index (χ0v) is 12.1. The Balaban J connectivity index is 1.73.